The molecule has 0 aliphatic rings. The fourth-order valence-electron chi connectivity index (χ4n) is 2.03. The van der Waals surface area contributed by atoms with Crippen molar-refractivity contribution in [2.24, 2.45) is 0 Å². The number of aryl methyl sites for hydroxylation is 2. The summed E-state index contributed by atoms with van der Waals surface area (Å²) in [6.45, 7) is 6.24. The second kappa shape index (κ2) is 6.64. The first kappa shape index (κ1) is 15.4. The molecule has 21 heavy (non-hydrogen) atoms. The Hall–Kier alpha value is -2.00. The minimum Gasteiger partial charge on any atom is -0.376 e. The highest BCUT2D eigenvalue weighted by molar-refractivity contribution is 6.33. The van der Waals surface area contributed by atoms with Gasteiger partial charge in [0, 0.05) is 5.69 Å². The summed E-state index contributed by atoms with van der Waals surface area (Å²) in [7, 11) is 0. The Morgan fingerprint density at radius 3 is 2.57 bits per heavy atom. The third-order valence-corrected chi connectivity index (χ3v) is 3.76. The van der Waals surface area contributed by atoms with Crippen molar-refractivity contribution in [1.82, 2.24) is 0 Å². The SMILES string of the molecule is Cc1ccc(NC(=O)CNc2cccc(C)c2C)c(Cl)c1. The number of hydrogen-bond acceptors (Lipinski definition) is 2. The second-order valence-electron chi connectivity index (χ2n) is 5.13. The van der Waals surface area contributed by atoms with Crippen LogP contribution < -0.4 is 10.6 Å². The third kappa shape index (κ3) is 3.99. The molecule has 0 atom stereocenters. The van der Waals surface area contributed by atoms with Gasteiger partial charge in [0.1, 0.15) is 0 Å². The molecule has 0 unspecified atom stereocenters. The van der Waals surface area contributed by atoms with Gasteiger partial charge in [0.2, 0.25) is 5.91 Å². The van der Waals surface area contributed by atoms with Gasteiger partial charge in [-0.3, -0.25) is 4.79 Å². The first-order valence-corrected chi connectivity index (χ1v) is 7.21. The van der Waals surface area contributed by atoms with Crippen molar-refractivity contribution >= 4 is 28.9 Å². The summed E-state index contributed by atoms with van der Waals surface area (Å²) < 4.78 is 0. The Balaban J connectivity index is 1.97. The molecule has 2 aromatic carbocycles. The van der Waals surface area contributed by atoms with Gasteiger partial charge < -0.3 is 10.6 Å². The standard InChI is InChI=1S/C17H19ClN2O/c1-11-7-8-16(14(18)9-11)20-17(21)10-19-15-6-4-5-12(2)13(15)3/h4-9,19H,10H2,1-3H3,(H,20,21). The monoisotopic (exact) mass is 302 g/mol. The molecule has 0 fully saturated rings. The largest absolute Gasteiger partial charge is 0.376 e. The molecule has 0 heterocycles. The van der Waals surface area contributed by atoms with E-state index in [0.717, 1.165) is 16.8 Å². The molecule has 1 amide bonds. The molecule has 0 bridgehead atoms. The van der Waals surface area contributed by atoms with Crippen LogP contribution in [0.5, 0.6) is 0 Å². The summed E-state index contributed by atoms with van der Waals surface area (Å²) in [5, 5.41) is 6.51. The van der Waals surface area contributed by atoms with Gasteiger partial charge >= 0.3 is 0 Å². The van der Waals surface area contributed by atoms with Crippen molar-refractivity contribution in [2.75, 3.05) is 17.2 Å². The highest BCUT2D eigenvalue weighted by Gasteiger charge is 2.07. The van der Waals surface area contributed by atoms with Gasteiger partial charge in [0.05, 0.1) is 17.3 Å². The van der Waals surface area contributed by atoms with Crippen LogP contribution in [0, 0.1) is 20.8 Å². The molecule has 4 heteroatoms. The lowest BCUT2D eigenvalue weighted by atomic mass is 10.1. The van der Waals surface area contributed by atoms with Crippen LogP contribution >= 0.6 is 11.6 Å². The number of amides is 1. The van der Waals surface area contributed by atoms with Crippen LogP contribution in [-0.2, 0) is 4.79 Å². The molecule has 0 aromatic heterocycles. The van der Waals surface area contributed by atoms with Gasteiger partial charge in [-0.2, -0.15) is 0 Å². The molecular formula is C17H19ClN2O. The molecule has 2 N–H and O–H groups in total. The maximum Gasteiger partial charge on any atom is 0.243 e. The quantitative estimate of drug-likeness (QED) is 0.883. The first-order chi connectivity index (χ1) is 9.97. The Kier molecular flexibility index (Phi) is 4.86. The van der Waals surface area contributed by atoms with E-state index in [-0.39, 0.29) is 12.5 Å². The van der Waals surface area contributed by atoms with Gasteiger partial charge in [-0.1, -0.05) is 29.8 Å². The Morgan fingerprint density at radius 1 is 1.10 bits per heavy atom. The van der Waals surface area contributed by atoms with Crippen LogP contribution in [0.2, 0.25) is 5.02 Å². The minimum absolute atomic E-state index is 0.123. The highest BCUT2D eigenvalue weighted by atomic mass is 35.5. The van der Waals surface area contributed by atoms with Crippen LogP contribution in [0.25, 0.3) is 0 Å². The first-order valence-electron chi connectivity index (χ1n) is 6.83. The smallest absolute Gasteiger partial charge is 0.243 e. The zero-order valence-electron chi connectivity index (χ0n) is 12.5. The molecule has 0 aliphatic carbocycles. The van der Waals surface area contributed by atoms with E-state index in [1.165, 1.54) is 5.56 Å². The second-order valence-corrected chi connectivity index (χ2v) is 5.54. The average Bonchev–Trinajstić information content (AvgIpc) is 2.43. The van der Waals surface area contributed by atoms with E-state index < -0.39 is 0 Å². The number of anilines is 2. The average molecular weight is 303 g/mol. The number of benzene rings is 2. The predicted octanol–water partition coefficient (Wildman–Crippen LogP) is 4.32. The van der Waals surface area contributed by atoms with Gasteiger partial charge in [-0.05, 0) is 55.7 Å². The number of carbonyl (C=O) groups excluding carboxylic acids is 1. The van der Waals surface area contributed by atoms with Crippen molar-refractivity contribution in [3.8, 4) is 0 Å². The summed E-state index contributed by atoms with van der Waals surface area (Å²) in [5.41, 5.74) is 5.02. The Bertz CT molecular complexity index is 668. The normalized spacial score (nSPS) is 10.3. The van der Waals surface area contributed by atoms with E-state index in [4.69, 9.17) is 11.6 Å². The van der Waals surface area contributed by atoms with E-state index in [1.54, 1.807) is 0 Å². The van der Waals surface area contributed by atoms with Crippen LogP contribution in [-0.4, -0.2) is 12.5 Å². The summed E-state index contributed by atoms with van der Waals surface area (Å²) in [6.07, 6.45) is 0. The maximum atomic E-state index is 12.0. The van der Waals surface area contributed by atoms with E-state index in [1.807, 2.05) is 57.2 Å². The van der Waals surface area contributed by atoms with Crippen molar-refractivity contribution in [3.63, 3.8) is 0 Å². The lowest BCUT2D eigenvalue weighted by molar-refractivity contribution is -0.114. The van der Waals surface area contributed by atoms with E-state index in [9.17, 15) is 4.79 Å². The molecule has 3 nitrogen and oxygen atoms in total. The zero-order valence-corrected chi connectivity index (χ0v) is 13.2. The number of carbonyl (C=O) groups is 1. The Morgan fingerprint density at radius 2 is 1.86 bits per heavy atom. The van der Waals surface area contributed by atoms with Crippen LogP contribution in [0.15, 0.2) is 36.4 Å². The highest BCUT2D eigenvalue weighted by Crippen LogP contribution is 2.22. The van der Waals surface area contributed by atoms with Gasteiger partial charge in [0.25, 0.3) is 0 Å². The summed E-state index contributed by atoms with van der Waals surface area (Å²) in [4.78, 5) is 12.0. The van der Waals surface area contributed by atoms with Crippen molar-refractivity contribution in [2.45, 2.75) is 20.8 Å². The molecule has 0 radical (unpaired) electrons. The van der Waals surface area contributed by atoms with Crippen LogP contribution in [0.4, 0.5) is 11.4 Å². The van der Waals surface area contributed by atoms with E-state index >= 15 is 0 Å². The molecule has 2 rings (SSSR count). The van der Waals surface area contributed by atoms with E-state index in [0.29, 0.717) is 10.7 Å². The predicted molar refractivity (Wildman–Crippen MR) is 89.2 cm³/mol. The van der Waals surface area contributed by atoms with E-state index in [2.05, 4.69) is 10.6 Å². The molecule has 0 saturated heterocycles. The molecule has 110 valence electrons. The lowest BCUT2D eigenvalue weighted by Gasteiger charge is -2.12. The zero-order chi connectivity index (χ0) is 15.4. The van der Waals surface area contributed by atoms with Crippen LogP contribution in [0.3, 0.4) is 0 Å². The minimum atomic E-state index is -0.123. The topological polar surface area (TPSA) is 41.1 Å². The Labute approximate surface area is 130 Å². The molecule has 0 aliphatic heterocycles. The molecule has 0 saturated carbocycles. The fraction of sp³-hybridized carbons (Fsp3) is 0.235. The van der Waals surface area contributed by atoms with Crippen LogP contribution in [0.1, 0.15) is 16.7 Å². The summed E-state index contributed by atoms with van der Waals surface area (Å²) in [5.74, 6) is -0.123. The number of nitrogens with one attached hydrogen (secondary N) is 2. The number of hydrogen-bond donors (Lipinski definition) is 2. The van der Waals surface area contributed by atoms with Gasteiger partial charge in [-0.25, -0.2) is 0 Å². The van der Waals surface area contributed by atoms with Crippen molar-refractivity contribution < 1.29 is 4.79 Å². The lowest BCUT2D eigenvalue weighted by Crippen LogP contribution is -2.22. The summed E-state index contributed by atoms with van der Waals surface area (Å²) >= 11 is 6.10. The molecule has 2 aromatic rings. The summed E-state index contributed by atoms with van der Waals surface area (Å²) in [6, 6.07) is 11.5. The van der Waals surface area contributed by atoms with Crippen molar-refractivity contribution in [3.05, 3.63) is 58.1 Å². The fourth-order valence-corrected chi connectivity index (χ4v) is 2.32. The van der Waals surface area contributed by atoms with Gasteiger partial charge in [-0.15, -0.1) is 0 Å². The maximum absolute atomic E-state index is 12.0. The number of halogens is 1. The molecular weight excluding hydrogens is 284 g/mol. The van der Waals surface area contributed by atoms with Crippen molar-refractivity contribution in [1.29, 1.82) is 0 Å². The van der Waals surface area contributed by atoms with Gasteiger partial charge in [0.15, 0.2) is 0 Å². The molecule has 0 spiro atoms. The number of rotatable bonds is 4. The third-order valence-electron chi connectivity index (χ3n) is 3.44.